The molecule has 2 amide bonds. The number of carboxylic acid groups (broad SMARTS) is 1. The van der Waals surface area contributed by atoms with Gasteiger partial charge in [-0.15, -0.1) is 0 Å². The molecule has 1 unspecified atom stereocenters. The minimum Gasteiger partial charge on any atom is -0.493 e. The molecule has 0 saturated carbocycles. The van der Waals surface area contributed by atoms with E-state index >= 15 is 0 Å². The summed E-state index contributed by atoms with van der Waals surface area (Å²) in [5, 5.41) is 15.9. The van der Waals surface area contributed by atoms with Crippen LogP contribution in [0.25, 0.3) is 0 Å². The fraction of sp³-hybridized carbons (Fsp3) is 0.273. The van der Waals surface area contributed by atoms with Crippen LogP contribution in [-0.4, -0.2) is 48.9 Å². The third kappa shape index (κ3) is 7.65. The summed E-state index contributed by atoms with van der Waals surface area (Å²) in [6.07, 6.45) is 1.37. The Kier molecular flexibility index (Phi) is 9.50. The zero-order valence-corrected chi connectivity index (χ0v) is 19.6. The second-order valence-electron chi connectivity index (χ2n) is 7.15. The molecule has 2 rings (SSSR count). The average Bonchev–Trinajstić information content (AvgIpc) is 2.75. The van der Waals surface area contributed by atoms with Crippen molar-refractivity contribution in [2.75, 3.05) is 13.7 Å². The summed E-state index contributed by atoms with van der Waals surface area (Å²) in [6, 6.07) is 8.28. The lowest BCUT2D eigenvalue weighted by atomic mass is 10.0. The number of carboxylic acids is 1. The van der Waals surface area contributed by atoms with E-state index in [1.54, 1.807) is 26.0 Å². The highest BCUT2D eigenvalue weighted by Crippen LogP contribution is 2.27. The SMILES string of the molecule is COc1cc(/C=N/NC(=O)C(NC(=O)c2ccc(Cl)cc2Cl)C(C)C)ccc1OCC(=O)O. The number of ether oxygens (including phenoxy) is 2. The summed E-state index contributed by atoms with van der Waals surface area (Å²) in [5.41, 5.74) is 3.15. The van der Waals surface area contributed by atoms with Crippen LogP contribution < -0.4 is 20.2 Å². The minimum absolute atomic E-state index is 0.172. The second kappa shape index (κ2) is 12.1. The van der Waals surface area contributed by atoms with E-state index in [1.165, 1.54) is 37.6 Å². The van der Waals surface area contributed by atoms with Gasteiger partial charge in [-0.1, -0.05) is 37.0 Å². The van der Waals surface area contributed by atoms with Crippen molar-refractivity contribution in [3.8, 4) is 11.5 Å². The molecule has 0 heterocycles. The molecule has 11 heteroatoms. The van der Waals surface area contributed by atoms with Crippen LogP contribution >= 0.6 is 23.2 Å². The molecule has 0 saturated heterocycles. The molecule has 1 atom stereocenters. The highest BCUT2D eigenvalue weighted by molar-refractivity contribution is 6.36. The second-order valence-corrected chi connectivity index (χ2v) is 7.99. The summed E-state index contributed by atoms with van der Waals surface area (Å²) in [4.78, 5) is 35.8. The van der Waals surface area contributed by atoms with Gasteiger partial charge < -0.3 is 19.9 Å². The first-order valence-corrected chi connectivity index (χ1v) is 10.5. The number of hydrogen-bond donors (Lipinski definition) is 3. The molecule has 176 valence electrons. The van der Waals surface area contributed by atoms with Crippen LogP contribution in [0.2, 0.25) is 10.0 Å². The van der Waals surface area contributed by atoms with Gasteiger partial charge >= 0.3 is 5.97 Å². The van der Waals surface area contributed by atoms with E-state index in [0.29, 0.717) is 16.3 Å². The Balaban J connectivity index is 2.05. The number of methoxy groups -OCH3 is 1. The number of carbonyl (C=O) groups excluding carboxylic acids is 2. The van der Waals surface area contributed by atoms with Crippen molar-refractivity contribution >= 4 is 47.2 Å². The first-order chi connectivity index (χ1) is 15.6. The molecule has 2 aromatic carbocycles. The Hall–Kier alpha value is -3.30. The fourth-order valence-corrected chi connectivity index (χ4v) is 3.19. The van der Waals surface area contributed by atoms with E-state index in [2.05, 4.69) is 15.8 Å². The van der Waals surface area contributed by atoms with Gasteiger partial charge in [0, 0.05) is 5.02 Å². The van der Waals surface area contributed by atoms with Crippen molar-refractivity contribution in [3.63, 3.8) is 0 Å². The van der Waals surface area contributed by atoms with Crippen molar-refractivity contribution in [1.82, 2.24) is 10.7 Å². The van der Waals surface area contributed by atoms with Gasteiger partial charge in [0.2, 0.25) is 0 Å². The monoisotopic (exact) mass is 495 g/mol. The molecule has 0 bridgehead atoms. The predicted octanol–water partition coefficient (Wildman–Crippen LogP) is 3.37. The van der Waals surface area contributed by atoms with Crippen LogP contribution in [0.4, 0.5) is 0 Å². The summed E-state index contributed by atoms with van der Waals surface area (Å²) in [6.45, 7) is 3.04. The Morgan fingerprint density at radius 1 is 1.12 bits per heavy atom. The summed E-state index contributed by atoms with van der Waals surface area (Å²) >= 11 is 11.9. The van der Waals surface area contributed by atoms with Crippen LogP contribution in [0.15, 0.2) is 41.5 Å². The van der Waals surface area contributed by atoms with Gasteiger partial charge in [0.25, 0.3) is 11.8 Å². The van der Waals surface area contributed by atoms with E-state index in [4.69, 9.17) is 37.8 Å². The van der Waals surface area contributed by atoms with Crippen molar-refractivity contribution in [1.29, 1.82) is 0 Å². The average molecular weight is 496 g/mol. The maximum Gasteiger partial charge on any atom is 0.341 e. The van der Waals surface area contributed by atoms with Gasteiger partial charge in [-0.3, -0.25) is 9.59 Å². The molecule has 2 aromatic rings. The topological polar surface area (TPSA) is 126 Å². The normalized spacial score (nSPS) is 11.8. The smallest absolute Gasteiger partial charge is 0.341 e. The van der Waals surface area contributed by atoms with Gasteiger partial charge in [0.05, 0.1) is 23.9 Å². The number of nitrogens with zero attached hydrogens (tertiary/aromatic N) is 1. The molecule has 0 aromatic heterocycles. The zero-order chi connectivity index (χ0) is 24.5. The van der Waals surface area contributed by atoms with Crippen molar-refractivity contribution < 1.29 is 29.0 Å². The zero-order valence-electron chi connectivity index (χ0n) is 18.1. The van der Waals surface area contributed by atoms with E-state index in [1.807, 2.05) is 0 Å². The summed E-state index contributed by atoms with van der Waals surface area (Å²) in [5.74, 6) is -1.83. The van der Waals surface area contributed by atoms with E-state index in [9.17, 15) is 14.4 Å². The van der Waals surface area contributed by atoms with Crippen molar-refractivity contribution in [2.24, 2.45) is 11.0 Å². The number of aliphatic carboxylic acids is 1. The van der Waals surface area contributed by atoms with Gasteiger partial charge in [0.15, 0.2) is 18.1 Å². The van der Waals surface area contributed by atoms with Gasteiger partial charge in [-0.25, -0.2) is 10.2 Å². The number of amides is 2. The number of benzene rings is 2. The van der Waals surface area contributed by atoms with Crippen LogP contribution in [-0.2, 0) is 9.59 Å². The molecule has 9 nitrogen and oxygen atoms in total. The highest BCUT2D eigenvalue weighted by Gasteiger charge is 2.25. The number of hydrazone groups is 1. The highest BCUT2D eigenvalue weighted by atomic mass is 35.5. The maximum absolute atomic E-state index is 12.6. The molecule has 3 N–H and O–H groups in total. The van der Waals surface area contributed by atoms with E-state index < -0.39 is 30.4 Å². The Morgan fingerprint density at radius 2 is 1.85 bits per heavy atom. The number of nitrogens with one attached hydrogen (secondary N) is 2. The molecule has 0 spiro atoms. The Morgan fingerprint density at radius 3 is 2.45 bits per heavy atom. The number of rotatable bonds is 10. The first-order valence-electron chi connectivity index (χ1n) is 9.73. The number of halogens is 2. The predicted molar refractivity (Wildman–Crippen MR) is 124 cm³/mol. The van der Waals surface area contributed by atoms with Crippen molar-refractivity contribution in [3.05, 3.63) is 57.6 Å². The number of hydrogen-bond acceptors (Lipinski definition) is 6. The lowest BCUT2D eigenvalue weighted by Gasteiger charge is -2.20. The van der Waals surface area contributed by atoms with E-state index in [0.717, 1.165) is 0 Å². The minimum atomic E-state index is -1.12. The quantitative estimate of drug-likeness (QED) is 0.342. The number of carbonyl (C=O) groups is 3. The van der Waals surface area contributed by atoms with Crippen molar-refractivity contribution in [2.45, 2.75) is 19.9 Å². The lowest BCUT2D eigenvalue weighted by molar-refractivity contribution is -0.139. The van der Waals surface area contributed by atoms with E-state index in [-0.39, 0.29) is 22.3 Å². The fourth-order valence-electron chi connectivity index (χ4n) is 2.69. The standard InChI is InChI=1S/C22H23Cl2N3O6/c1-12(2)20(26-21(30)15-6-5-14(23)9-16(15)24)22(31)27-25-10-13-4-7-17(18(8-13)32-3)33-11-19(28)29/h4-10,12,20H,11H2,1-3H3,(H,26,30)(H,27,31)(H,28,29)/b25-10+. The van der Waals surface area contributed by atoms with Crippen LogP contribution in [0, 0.1) is 5.92 Å². The summed E-state index contributed by atoms with van der Waals surface area (Å²) in [7, 11) is 1.41. The van der Waals surface area contributed by atoms with Gasteiger partial charge in [-0.05, 0) is 47.9 Å². The largest absolute Gasteiger partial charge is 0.493 e. The molecule has 0 aliphatic rings. The van der Waals surface area contributed by atoms with Crippen LogP contribution in [0.5, 0.6) is 11.5 Å². The molecule has 0 fully saturated rings. The van der Waals surface area contributed by atoms with Gasteiger partial charge in [-0.2, -0.15) is 5.10 Å². The molecular weight excluding hydrogens is 473 g/mol. The molecule has 0 aliphatic carbocycles. The molecule has 33 heavy (non-hydrogen) atoms. The lowest BCUT2D eigenvalue weighted by Crippen LogP contribution is -2.48. The first kappa shape index (κ1) is 26.0. The van der Waals surface area contributed by atoms with Gasteiger partial charge in [0.1, 0.15) is 6.04 Å². The Labute approximate surface area is 200 Å². The molecule has 0 radical (unpaired) electrons. The van der Waals surface area contributed by atoms with Crippen LogP contribution in [0.1, 0.15) is 29.8 Å². The molecular formula is C22H23Cl2N3O6. The third-order valence-electron chi connectivity index (χ3n) is 4.34. The molecule has 0 aliphatic heterocycles. The van der Waals surface area contributed by atoms with Crippen LogP contribution in [0.3, 0.4) is 0 Å². The maximum atomic E-state index is 12.6. The third-order valence-corrected chi connectivity index (χ3v) is 4.89. The Bertz CT molecular complexity index is 1060. The summed E-state index contributed by atoms with van der Waals surface area (Å²) < 4.78 is 10.3.